The van der Waals surface area contributed by atoms with Crippen LogP contribution in [-0.4, -0.2) is 5.78 Å². The van der Waals surface area contributed by atoms with Crippen molar-refractivity contribution in [2.75, 3.05) is 0 Å². The first-order valence-corrected chi connectivity index (χ1v) is 5.45. The SMILES string of the molecule is Cc1ccc(C(=O)c2ccc(F)cc2)cc1C. The van der Waals surface area contributed by atoms with Gasteiger partial charge in [0, 0.05) is 11.1 Å². The lowest BCUT2D eigenvalue weighted by molar-refractivity contribution is 0.103. The first kappa shape index (κ1) is 11.5. The highest BCUT2D eigenvalue weighted by molar-refractivity contribution is 6.09. The van der Waals surface area contributed by atoms with Crippen LogP contribution in [0.3, 0.4) is 0 Å². The summed E-state index contributed by atoms with van der Waals surface area (Å²) in [4.78, 5) is 12.1. The summed E-state index contributed by atoms with van der Waals surface area (Å²) >= 11 is 0. The van der Waals surface area contributed by atoms with Gasteiger partial charge in [0.15, 0.2) is 5.78 Å². The molecule has 0 spiro atoms. The minimum Gasteiger partial charge on any atom is -0.289 e. The van der Waals surface area contributed by atoms with E-state index in [9.17, 15) is 9.18 Å². The van der Waals surface area contributed by atoms with Gasteiger partial charge < -0.3 is 0 Å². The molecule has 0 N–H and O–H groups in total. The number of carbonyl (C=O) groups is 1. The van der Waals surface area contributed by atoms with E-state index in [1.54, 1.807) is 6.07 Å². The molecule has 17 heavy (non-hydrogen) atoms. The molecule has 0 unspecified atom stereocenters. The van der Waals surface area contributed by atoms with E-state index >= 15 is 0 Å². The second-order valence-corrected chi connectivity index (χ2v) is 4.14. The van der Waals surface area contributed by atoms with Crippen LogP contribution >= 0.6 is 0 Å². The maximum atomic E-state index is 12.8. The number of benzene rings is 2. The number of hydrogen-bond donors (Lipinski definition) is 0. The summed E-state index contributed by atoms with van der Waals surface area (Å²) in [5.41, 5.74) is 3.38. The second-order valence-electron chi connectivity index (χ2n) is 4.14. The summed E-state index contributed by atoms with van der Waals surface area (Å²) in [5, 5.41) is 0. The standard InChI is InChI=1S/C15H13FO/c1-10-3-4-13(9-11(10)2)15(17)12-5-7-14(16)8-6-12/h3-9H,1-2H3. The van der Waals surface area contributed by atoms with Crippen molar-refractivity contribution < 1.29 is 9.18 Å². The van der Waals surface area contributed by atoms with E-state index in [2.05, 4.69) is 0 Å². The minimum absolute atomic E-state index is 0.0758. The first-order valence-electron chi connectivity index (χ1n) is 5.45. The van der Waals surface area contributed by atoms with Crippen molar-refractivity contribution in [2.24, 2.45) is 0 Å². The third kappa shape index (κ3) is 2.41. The van der Waals surface area contributed by atoms with Crippen molar-refractivity contribution >= 4 is 5.78 Å². The quantitative estimate of drug-likeness (QED) is 0.717. The number of aryl methyl sites for hydroxylation is 2. The molecule has 0 bridgehead atoms. The number of ketones is 1. The van der Waals surface area contributed by atoms with Crippen molar-refractivity contribution in [1.29, 1.82) is 0 Å². The first-order chi connectivity index (χ1) is 8.08. The summed E-state index contributed by atoms with van der Waals surface area (Å²) in [7, 11) is 0. The Morgan fingerprint density at radius 1 is 0.882 bits per heavy atom. The van der Waals surface area contributed by atoms with E-state index in [1.165, 1.54) is 24.3 Å². The smallest absolute Gasteiger partial charge is 0.193 e. The third-order valence-corrected chi connectivity index (χ3v) is 2.88. The van der Waals surface area contributed by atoms with Crippen LogP contribution in [0.2, 0.25) is 0 Å². The van der Waals surface area contributed by atoms with E-state index < -0.39 is 0 Å². The lowest BCUT2D eigenvalue weighted by atomic mass is 9.99. The molecule has 0 heterocycles. The number of halogens is 1. The Kier molecular flexibility index (Phi) is 3.05. The Balaban J connectivity index is 2.37. The molecule has 2 rings (SSSR count). The Labute approximate surface area is 99.9 Å². The number of rotatable bonds is 2. The van der Waals surface area contributed by atoms with Crippen molar-refractivity contribution in [3.63, 3.8) is 0 Å². The van der Waals surface area contributed by atoms with Gasteiger partial charge in [-0.25, -0.2) is 4.39 Å². The van der Waals surface area contributed by atoms with Crippen molar-refractivity contribution in [2.45, 2.75) is 13.8 Å². The van der Waals surface area contributed by atoms with Crippen LogP contribution in [0.1, 0.15) is 27.0 Å². The predicted molar refractivity (Wildman–Crippen MR) is 65.7 cm³/mol. The van der Waals surface area contributed by atoms with Crippen LogP contribution in [0.5, 0.6) is 0 Å². The van der Waals surface area contributed by atoms with Gasteiger partial charge in [0.1, 0.15) is 5.82 Å². The van der Waals surface area contributed by atoms with Crippen LogP contribution in [-0.2, 0) is 0 Å². The zero-order valence-corrected chi connectivity index (χ0v) is 9.83. The summed E-state index contributed by atoms with van der Waals surface area (Å²) in [5.74, 6) is -0.408. The van der Waals surface area contributed by atoms with Crippen LogP contribution < -0.4 is 0 Å². The van der Waals surface area contributed by atoms with Crippen LogP contribution in [0.15, 0.2) is 42.5 Å². The summed E-state index contributed by atoms with van der Waals surface area (Å²) in [6, 6.07) is 11.2. The summed E-state index contributed by atoms with van der Waals surface area (Å²) in [6.07, 6.45) is 0. The van der Waals surface area contributed by atoms with Gasteiger partial charge in [0.2, 0.25) is 0 Å². The Morgan fingerprint density at radius 2 is 1.47 bits per heavy atom. The molecule has 0 fully saturated rings. The normalized spacial score (nSPS) is 10.3. The number of carbonyl (C=O) groups excluding carboxylic acids is 1. The molecule has 1 nitrogen and oxygen atoms in total. The lowest BCUT2D eigenvalue weighted by Gasteiger charge is -2.04. The highest BCUT2D eigenvalue weighted by atomic mass is 19.1. The molecule has 2 heteroatoms. The van der Waals surface area contributed by atoms with Gasteiger partial charge >= 0.3 is 0 Å². The van der Waals surface area contributed by atoms with Gasteiger partial charge in [-0.1, -0.05) is 12.1 Å². The van der Waals surface area contributed by atoms with Crippen LogP contribution in [0, 0.1) is 19.7 Å². The molecule has 0 aliphatic carbocycles. The van der Waals surface area contributed by atoms with Gasteiger partial charge in [0.05, 0.1) is 0 Å². The maximum Gasteiger partial charge on any atom is 0.193 e. The lowest BCUT2D eigenvalue weighted by Crippen LogP contribution is -2.02. The van der Waals surface area contributed by atoms with Crippen LogP contribution in [0.4, 0.5) is 4.39 Å². The third-order valence-electron chi connectivity index (χ3n) is 2.88. The molecule has 0 aliphatic rings. The van der Waals surface area contributed by atoms with Crippen LogP contribution in [0.25, 0.3) is 0 Å². The van der Waals surface area contributed by atoms with Crippen molar-refractivity contribution in [1.82, 2.24) is 0 Å². The second kappa shape index (κ2) is 4.50. The van der Waals surface area contributed by atoms with E-state index in [0.29, 0.717) is 11.1 Å². The molecular weight excluding hydrogens is 215 g/mol. The fraction of sp³-hybridized carbons (Fsp3) is 0.133. The van der Waals surface area contributed by atoms with Gasteiger partial charge in [-0.15, -0.1) is 0 Å². The molecule has 0 saturated heterocycles. The average Bonchev–Trinajstić information content (AvgIpc) is 2.33. The van der Waals surface area contributed by atoms with Gasteiger partial charge in [0.25, 0.3) is 0 Å². The molecule has 0 atom stereocenters. The van der Waals surface area contributed by atoms with Gasteiger partial charge in [-0.05, 0) is 55.3 Å². The molecule has 0 radical (unpaired) electrons. The fourth-order valence-corrected chi connectivity index (χ4v) is 1.65. The van der Waals surface area contributed by atoms with E-state index in [1.807, 2.05) is 26.0 Å². The highest BCUT2D eigenvalue weighted by Gasteiger charge is 2.09. The summed E-state index contributed by atoms with van der Waals surface area (Å²) < 4.78 is 12.8. The predicted octanol–water partition coefficient (Wildman–Crippen LogP) is 3.67. The van der Waals surface area contributed by atoms with Crippen molar-refractivity contribution in [3.05, 3.63) is 70.5 Å². The van der Waals surface area contributed by atoms with Crippen molar-refractivity contribution in [3.8, 4) is 0 Å². The average molecular weight is 228 g/mol. The molecule has 86 valence electrons. The molecule has 2 aromatic rings. The summed E-state index contributed by atoms with van der Waals surface area (Å²) in [6.45, 7) is 3.97. The number of hydrogen-bond acceptors (Lipinski definition) is 1. The molecule has 0 aromatic heterocycles. The molecule has 0 aliphatic heterocycles. The zero-order chi connectivity index (χ0) is 12.4. The Hall–Kier alpha value is -1.96. The molecular formula is C15H13FO. The topological polar surface area (TPSA) is 17.1 Å². The monoisotopic (exact) mass is 228 g/mol. The molecule has 0 amide bonds. The minimum atomic E-state index is -0.332. The highest BCUT2D eigenvalue weighted by Crippen LogP contribution is 2.14. The van der Waals surface area contributed by atoms with E-state index in [-0.39, 0.29) is 11.6 Å². The maximum absolute atomic E-state index is 12.8. The van der Waals surface area contributed by atoms with E-state index in [4.69, 9.17) is 0 Å². The van der Waals surface area contributed by atoms with E-state index in [0.717, 1.165) is 11.1 Å². The Morgan fingerprint density at radius 3 is 2.06 bits per heavy atom. The van der Waals surface area contributed by atoms with Gasteiger partial charge in [-0.2, -0.15) is 0 Å². The fourth-order valence-electron chi connectivity index (χ4n) is 1.65. The molecule has 0 saturated carbocycles. The zero-order valence-electron chi connectivity index (χ0n) is 9.83. The molecule has 2 aromatic carbocycles. The largest absolute Gasteiger partial charge is 0.289 e. The Bertz CT molecular complexity index is 556. The van der Waals surface area contributed by atoms with Gasteiger partial charge in [-0.3, -0.25) is 4.79 Å².